The topological polar surface area (TPSA) is 149 Å². The summed E-state index contributed by atoms with van der Waals surface area (Å²) < 4.78 is 11.3. The van der Waals surface area contributed by atoms with Crippen molar-refractivity contribution in [3.63, 3.8) is 0 Å². The molecule has 0 aromatic rings. The van der Waals surface area contributed by atoms with Gasteiger partial charge in [0.15, 0.2) is 6.29 Å². The van der Waals surface area contributed by atoms with Crippen LogP contribution in [0.4, 0.5) is 0 Å². The summed E-state index contributed by atoms with van der Waals surface area (Å²) in [5.74, 6) is -0.173. The first-order valence-electron chi connectivity index (χ1n) is 39.5. The van der Waals surface area contributed by atoms with E-state index < -0.39 is 49.5 Å². The number of carbonyl (C=O) groups excluding carboxylic acids is 1. The SMILES string of the molecule is CC/C=C\C/C=C\C/C=C\C/C=C\C/C=C\C/C=C\C/C=C\CCCCCCCCCCCCCCCCCCCC(=O)NC(COC1OC(CO)C(O)C(O)C1O)C(O)/C=C/CCCCCCCCCCCCCCCCCCCCCCCCCCCCCC. The largest absolute Gasteiger partial charge is 0.394 e. The van der Waals surface area contributed by atoms with Crippen molar-refractivity contribution in [1.82, 2.24) is 5.32 Å². The van der Waals surface area contributed by atoms with Crippen LogP contribution < -0.4 is 5.32 Å². The number of nitrogens with one attached hydrogen (secondary N) is 1. The summed E-state index contributed by atoms with van der Waals surface area (Å²) in [5, 5.41) is 54.9. The molecule has 92 heavy (non-hydrogen) atoms. The lowest BCUT2D eigenvalue weighted by Gasteiger charge is -2.40. The molecule has 7 unspecified atom stereocenters. The van der Waals surface area contributed by atoms with Gasteiger partial charge < -0.3 is 40.3 Å². The average Bonchev–Trinajstić information content (AvgIpc) is 1.45. The summed E-state index contributed by atoms with van der Waals surface area (Å²) in [6, 6.07) is -0.811. The van der Waals surface area contributed by atoms with E-state index in [1.165, 1.54) is 263 Å². The van der Waals surface area contributed by atoms with Gasteiger partial charge in [0.1, 0.15) is 24.4 Å². The van der Waals surface area contributed by atoms with E-state index in [4.69, 9.17) is 9.47 Å². The summed E-state index contributed by atoms with van der Waals surface area (Å²) >= 11 is 0. The minimum atomic E-state index is -1.57. The van der Waals surface area contributed by atoms with Crippen LogP contribution in [0.2, 0.25) is 0 Å². The molecule has 0 aliphatic carbocycles. The fourth-order valence-corrected chi connectivity index (χ4v) is 12.3. The second-order valence-corrected chi connectivity index (χ2v) is 27.1. The Bertz CT molecular complexity index is 1780. The number of rotatable bonds is 69. The minimum Gasteiger partial charge on any atom is -0.394 e. The van der Waals surface area contributed by atoms with E-state index in [0.717, 1.165) is 83.5 Å². The molecule has 1 aliphatic heterocycles. The van der Waals surface area contributed by atoms with Crippen molar-refractivity contribution >= 4 is 5.91 Å². The third kappa shape index (κ3) is 58.5. The highest BCUT2D eigenvalue weighted by molar-refractivity contribution is 5.76. The zero-order valence-corrected chi connectivity index (χ0v) is 60.0. The lowest BCUT2D eigenvalue weighted by molar-refractivity contribution is -0.302. The van der Waals surface area contributed by atoms with E-state index in [0.29, 0.717) is 6.42 Å². The highest BCUT2D eigenvalue weighted by Crippen LogP contribution is 2.24. The Kier molecular flexibility index (Phi) is 67.1. The minimum absolute atomic E-state index is 0.173. The van der Waals surface area contributed by atoms with Crippen molar-refractivity contribution in [2.75, 3.05) is 13.2 Å². The lowest BCUT2D eigenvalue weighted by Crippen LogP contribution is -2.60. The zero-order chi connectivity index (χ0) is 66.4. The number of allylic oxidation sites excluding steroid dienone is 15. The maximum absolute atomic E-state index is 13.2. The van der Waals surface area contributed by atoms with Crippen molar-refractivity contribution in [3.05, 3.63) is 97.2 Å². The highest BCUT2D eigenvalue weighted by atomic mass is 16.7. The van der Waals surface area contributed by atoms with Crippen molar-refractivity contribution in [2.45, 2.75) is 410 Å². The predicted octanol–water partition coefficient (Wildman–Crippen LogP) is 22.6. The summed E-state index contributed by atoms with van der Waals surface area (Å²) in [6.45, 7) is 3.71. The highest BCUT2D eigenvalue weighted by Gasteiger charge is 2.44. The Labute approximate surface area is 568 Å². The van der Waals surface area contributed by atoms with Crippen LogP contribution >= 0.6 is 0 Å². The van der Waals surface area contributed by atoms with E-state index in [1.54, 1.807) is 6.08 Å². The van der Waals surface area contributed by atoms with Crippen LogP contribution in [0.25, 0.3) is 0 Å². The predicted molar refractivity (Wildman–Crippen MR) is 396 cm³/mol. The second kappa shape index (κ2) is 70.9. The fourth-order valence-electron chi connectivity index (χ4n) is 12.3. The Hall–Kier alpha value is -2.89. The third-order valence-electron chi connectivity index (χ3n) is 18.4. The Morgan fingerprint density at radius 3 is 1.00 bits per heavy atom. The first-order valence-corrected chi connectivity index (χ1v) is 39.5. The molecule has 1 amide bonds. The average molecular weight is 1290 g/mol. The van der Waals surface area contributed by atoms with Crippen LogP contribution in [0, 0.1) is 0 Å². The Balaban J connectivity index is 2.08. The summed E-state index contributed by atoms with van der Waals surface area (Å²) in [5.41, 5.74) is 0. The number of amides is 1. The molecule has 1 fully saturated rings. The maximum atomic E-state index is 13.2. The Morgan fingerprint density at radius 1 is 0.380 bits per heavy atom. The van der Waals surface area contributed by atoms with Crippen molar-refractivity contribution in [3.8, 4) is 0 Å². The molecule has 0 aromatic carbocycles. The molecule has 1 saturated heterocycles. The van der Waals surface area contributed by atoms with Crippen LogP contribution in [0.5, 0.6) is 0 Å². The van der Waals surface area contributed by atoms with Gasteiger partial charge in [0, 0.05) is 6.42 Å². The summed E-state index contributed by atoms with van der Waals surface area (Å²) in [6.07, 6.45) is 96.8. The zero-order valence-electron chi connectivity index (χ0n) is 60.0. The number of ether oxygens (including phenoxy) is 2. The van der Waals surface area contributed by atoms with Crippen LogP contribution in [0.3, 0.4) is 0 Å². The lowest BCUT2D eigenvalue weighted by atomic mass is 9.99. The molecule has 7 atom stereocenters. The van der Waals surface area contributed by atoms with Crippen LogP contribution in [0.1, 0.15) is 367 Å². The molecule has 1 rings (SSSR count). The third-order valence-corrected chi connectivity index (χ3v) is 18.4. The van der Waals surface area contributed by atoms with E-state index in [1.807, 2.05) is 6.08 Å². The van der Waals surface area contributed by atoms with Crippen LogP contribution in [-0.2, 0) is 14.3 Å². The van der Waals surface area contributed by atoms with Gasteiger partial charge in [0.2, 0.25) is 5.91 Å². The van der Waals surface area contributed by atoms with Gasteiger partial charge in [0.25, 0.3) is 0 Å². The monoisotopic (exact) mass is 1290 g/mol. The molecule has 9 heteroatoms. The number of aliphatic hydroxyl groups is 5. The summed E-state index contributed by atoms with van der Waals surface area (Å²) in [7, 11) is 0. The number of hydrogen-bond acceptors (Lipinski definition) is 8. The van der Waals surface area contributed by atoms with Crippen molar-refractivity contribution in [1.29, 1.82) is 0 Å². The number of hydrogen-bond donors (Lipinski definition) is 6. The van der Waals surface area contributed by atoms with Gasteiger partial charge in [-0.05, 0) is 77.0 Å². The van der Waals surface area contributed by atoms with Gasteiger partial charge in [-0.3, -0.25) is 4.79 Å². The number of carbonyl (C=O) groups is 1. The molecule has 534 valence electrons. The van der Waals surface area contributed by atoms with Gasteiger partial charge in [-0.2, -0.15) is 0 Å². The quantitative estimate of drug-likeness (QED) is 0.0261. The second-order valence-electron chi connectivity index (χ2n) is 27.1. The molecular weight excluding hydrogens is 1140 g/mol. The molecule has 6 N–H and O–H groups in total. The molecule has 1 aliphatic rings. The Morgan fingerprint density at radius 2 is 0.674 bits per heavy atom. The maximum Gasteiger partial charge on any atom is 0.220 e. The van der Waals surface area contributed by atoms with Crippen molar-refractivity contribution < 1.29 is 39.8 Å². The number of aliphatic hydroxyl groups excluding tert-OH is 5. The van der Waals surface area contributed by atoms with Gasteiger partial charge in [-0.1, -0.05) is 381 Å². The molecule has 1 heterocycles. The molecule has 0 aromatic heterocycles. The van der Waals surface area contributed by atoms with Crippen molar-refractivity contribution in [2.24, 2.45) is 0 Å². The first kappa shape index (κ1) is 87.1. The smallest absolute Gasteiger partial charge is 0.220 e. The molecule has 0 saturated carbocycles. The molecule has 0 radical (unpaired) electrons. The van der Waals surface area contributed by atoms with E-state index >= 15 is 0 Å². The fraction of sp³-hybridized carbons (Fsp3) is 0.795. The van der Waals surface area contributed by atoms with Gasteiger partial charge in [0.05, 0.1) is 25.4 Å². The van der Waals surface area contributed by atoms with Gasteiger partial charge >= 0.3 is 0 Å². The van der Waals surface area contributed by atoms with E-state index in [-0.39, 0.29) is 12.5 Å². The summed E-state index contributed by atoms with van der Waals surface area (Å²) in [4.78, 5) is 13.2. The molecule has 9 nitrogen and oxygen atoms in total. The van der Waals surface area contributed by atoms with Gasteiger partial charge in [-0.15, -0.1) is 0 Å². The van der Waals surface area contributed by atoms with E-state index in [2.05, 4.69) is 104 Å². The standard InChI is InChI=1S/C83H149NO8/c1-3-5-7-9-11-13-15-17-19-21-23-25-27-29-31-33-35-36-37-38-39-40-41-42-43-45-47-49-51-53-55-57-59-61-63-65-67-69-71-73-79(87)84-76(75-91-83-82(90)81(89)80(88)78(74-85)92-83)77(86)72-70-68-66-64-62-60-58-56-54-52-50-48-46-44-34-32-30-28-26-24-22-20-18-16-14-12-10-8-6-4-2/h5,7,11,13,17,19,23,25,29,31,35-36,38-39,70,72,76-78,80-83,85-86,88-90H,3-4,6,8-10,12,14-16,18,20-22,24,26-28,30,32-34,37,40-69,71,73-75H2,1-2H3,(H,84,87)/b7-5-,13-11-,19-17-,25-23-,31-29-,36-35-,39-38-,72-70+. The van der Waals surface area contributed by atoms with Gasteiger partial charge in [-0.25, -0.2) is 0 Å². The van der Waals surface area contributed by atoms with E-state index in [9.17, 15) is 30.3 Å². The normalized spacial score (nSPS) is 18.2. The van der Waals surface area contributed by atoms with Crippen LogP contribution in [0.15, 0.2) is 97.2 Å². The van der Waals surface area contributed by atoms with Crippen LogP contribution in [-0.4, -0.2) is 87.5 Å². The molecule has 0 bridgehead atoms. The number of unbranched alkanes of at least 4 members (excludes halogenated alkanes) is 45. The molecular formula is C83H149NO8. The first-order chi connectivity index (χ1) is 45.3. The molecule has 0 spiro atoms.